The lowest BCUT2D eigenvalue weighted by atomic mass is 10.4. The summed E-state index contributed by atoms with van der Waals surface area (Å²) >= 11 is 0.884. The molecule has 0 bridgehead atoms. The zero-order valence-electron chi connectivity index (χ0n) is 9.27. The Bertz CT molecular complexity index is 680. The second-order valence-corrected chi connectivity index (χ2v) is 4.42. The zero-order chi connectivity index (χ0) is 12.4. The Morgan fingerprint density at radius 3 is 2.94 bits per heavy atom. The fraction of sp³-hybridized carbons (Fsp3) is 0.300. The smallest absolute Gasteiger partial charge is 0.309 e. The van der Waals surface area contributed by atoms with Crippen LogP contribution in [0, 0.1) is 0 Å². The number of nitrogens with one attached hydrogen (secondary N) is 1. The first-order chi connectivity index (χ1) is 8.13. The Balaban J connectivity index is 2.62. The number of nitrogen functional groups attached to an aromatic ring is 1. The van der Waals surface area contributed by atoms with Crippen molar-refractivity contribution in [2.45, 2.75) is 19.9 Å². The van der Waals surface area contributed by atoms with E-state index in [1.807, 2.05) is 19.1 Å². The van der Waals surface area contributed by atoms with E-state index in [9.17, 15) is 9.59 Å². The molecule has 0 fully saturated rings. The fourth-order valence-corrected chi connectivity index (χ4v) is 2.32. The molecule has 90 valence electrons. The second kappa shape index (κ2) is 4.54. The lowest BCUT2D eigenvalue weighted by Crippen LogP contribution is -2.14. The summed E-state index contributed by atoms with van der Waals surface area (Å²) in [6, 6.07) is 0. The number of nitrogens with zero attached hydrogens (tertiary/aromatic N) is 2. The van der Waals surface area contributed by atoms with Crippen LogP contribution in [-0.2, 0) is 6.54 Å². The first-order valence-corrected chi connectivity index (χ1v) is 5.99. The van der Waals surface area contributed by atoms with Gasteiger partial charge in [-0.3, -0.25) is 19.1 Å². The van der Waals surface area contributed by atoms with E-state index in [0.29, 0.717) is 16.9 Å². The molecule has 2 aromatic heterocycles. The summed E-state index contributed by atoms with van der Waals surface area (Å²) in [6.45, 7) is 2.41. The van der Waals surface area contributed by atoms with Gasteiger partial charge in [0.15, 0.2) is 5.65 Å². The highest BCUT2D eigenvalue weighted by molar-refractivity contribution is 7.16. The molecule has 0 radical (unpaired) electrons. The molecule has 2 rings (SSSR count). The van der Waals surface area contributed by atoms with Crippen LogP contribution >= 0.6 is 11.3 Å². The second-order valence-electron chi connectivity index (χ2n) is 3.46. The van der Waals surface area contributed by atoms with Gasteiger partial charge in [-0.2, -0.15) is 4.98 Å². The maximum Gasteiger partial charge on any atom is 0.309 e. The lowest BCUT2D eigenvalue weighted by Gasteiger charge is -1.98. The molecule has 0 aliphatic heterocycles. The van der Waals surface area contributed by atoms with E-state index < -0.39 is 0 Å². The predicted octanol–water partition coefficient (Wildman–Crippen LogP) is 0.695. The number of hydrogen-bond donors (Lipinski definition) is 2. The van der Waals surface area contributed by atoms with E-state index in [-0.39, 0.29) is 16.4 Å². The number of allylic oxidation sites excluding steroid dienone is 2. The van der Waals surface area contributed by atoms with Crippen LogP contribution in [0.2, 0.25) is 0 Å². The Kier molecular flexibility index (Phi) is 3.10. The van der Waals surface area contributed by atoms with E-state index >= 15 is 0 Å². The Labute approximate surface area is 100 Å². The average Bonchev–Trinajstić information content (AvgIpc) is 2.57. The standard InChI is InChI=1S/C10H12N4O2S/c1-2-3-4-5-14-7-6(17-10(14)16)8(15)13-9(11)12-7/h3-4H,2,5H2,1H3,(H3,11,12,13,15)/b4-3+. The van der Waals surface area contributed by atoms with Crippen LogP contribution in [0.4, 0.5) is 5.95 Å². The van der Waals surface area contributed by atoms with E-state index in [0.717, 1.165) is 17.8 Å². The highest BCUT2D eigenvalue weighted by atomic mass is 32.1. The molecule has 2 heterocycles. The van der Waals surface area contributed by atoms with Crippen molar-refractivity contribution in [3.63, 3.8) is 0 Å². The minimum Gasteiger partial charge on any atom is -0.369 e. The minimum atomic E-state index is -0.368. The van der Waals surface area contributed by atoms with Crippen molar-refractivity contribution in [3.05, 3.63) is 32.2 Å². The van der Waals surface area contributed by atoms with Crippen molar-refractivity contribution in [3.8, 4) is 0 Å². The van der Waals surface area contributed by atoms with Gasteiger partial charge in [0.05, 0.1) is 0 Å². The van der Waals surface area contributed by atoms with Crippen molar-refractivity contribution in [2.24, 2.45) is 0 Å². The summed E-state index contributed by atoms with van der Waals surface area (Å²) in [5.74, 6) is 0.0218. The molecular formula is C10H12N4O2S. The van der Waals surface area contributed by atoms with Gasteiger partial charge in [0, 0.05) is 6.54 Å². The third-order valence-electron chi connectivity index (χ3n) is 2.23. The molecular weight excluding hydrogens is 240 g/mol. The minimum absolute atomic E-state index is 0.0218. The molecule has 0 amide bonds. The number of hydrogen-bond acceptors (Lipinski definition) is 5. The van der Waals surface area contributed by atoms with E-state index in [4.69, 9.17) is 5.73 Å². The van der Waals surface area contributed by atoms with Crippen LogP contribution in [0.25, 0.3) is 10.3 Å². The molecule has 0 spiro atoms. The van der Waals surface area contributed by atoms with Gasteiger partial charge in [-0.1, -0.05) is 30.4 Å². The lowest BCUT2D eigenvalue weighted by molar-refractivity contribution is 0.822. The highest BCUT2D eigenvalue weighted by Crippen LogP contribution is 2.10. The SMILES string of the molecule is CC/C=C/Cn1c(=O)sc2c(=O)[nH]c(N)nc21. The molecule has 0 aliphatic rings. The number of anilines is 1. The Hall–Kier alpha value is -1.89. The number of H-pyrrole nitrogens is 1. The van der Waals surface area contributed by atoms with Crippen molar-refractivity contribution in [1.82, 2.24) is 14.5 Å². The molecule has 0 saturated heterocycles. The number of thiazole rings is 1. The molecule has 0 aliphatic carbocycles. The van der Waals surface area contributed by atoms with Gasteiger partial charge in [-0.15, -0.1) is 0 Å². The number of fused-ring (bicyclic) bond motifs is 1. The monoisotopic (exact) mass is 252 g/mol. The van der Waals surface area contributed by atoms with Crippen LogP contribution in [-0.4, -0.2) is 14.5 Å². The molecule has 0 saturated carbocycles. The molecule has 7 heteroatoms. The Morgan fingerprint density at radius 2 is 2.24 bits per heavy atom. The van der Waals surface area contributed by atoms with Gasteiger partial charge in [0.2, 0.25) is 5.95 Å². The van der Waals surface area contributed by atoms with Crippen LogP contribution < -0.4 is 16.2 Å². The van der Waals surface area contributed by atoms with Crippen LogP contribution in [0.1, 0.15) is 13.3 Å². The van der Waals surface area contributed by atoms with Gasteiger partial charge >= 0.3 is 4.87 Å². The maximum atomic E-state index is 11.7. The van der Waals surface area contributed by atoms with Crippen LogP contribution in [0.5, 0.6) is 0 Å². The summed E-state index contributed by atoms with van der Waals surface area (Å²) < 4.78 is 1.76. The highest BCUT2D eigenvalue weighted by Gasteiger charge is 2.11. The van der Waals surface area contributed by atoms with Crippen molar-refractivity contribution >= 4 is 27.6 Å². The summed E-state index contributed by atoms with van der Waals surface area (Å²) in [4.78, 5) is 29.4. The van der Waals surface area contributed by atoms with Gasteiger partial charge in [0.25, 0.3) is 5.56 Å². The van der Waals surface area contributed by atoms with E-state index in [2.05, 4.69) is 9.97 Å². The number of nitrogens with two attached hydrogens (primary N) is 1. The number of aromatic nitrogens is 3. The molecule has 6 nitrogen and oxygen atoms in total. The number of rotatable bonds is 3. The van der Waals surface area contributed by atoms with Crippen LogP contribution in [0.15, 0.2) is 21.7 Å². The molecule has 0 unspecified atom stereocenters. The first-order valence-electron chi connectivity index (χ1n) is 5.17. The van der Waals surface area contributed by atoms with Gasteiger partial charge in [0.1, 0.15) is 4.70 Å². The molecule has 3 N–H and O–H groups in total. The van der Waals surface area contributed by atoms with Gasteiger partial charge in [-0.05, 0) is 6.42 Å². The van der Waals surface area contributed by atoms with E-state index in [1.165, 1.54) is 4.57 Å². The molecule has 17 heavy (non-hydrogen) atoms. The normalized spacial score (nSPS) is 11.6. The third-order valence-corrected chi connectivity index (χ3v) is 3.20. The third kappa shape index (κ3) is 2.14. The van der Waals surface area contributed by atoms with Crippen molar-refractivity contribution in [1.29, 1.82) is 0 Å². The number of aromatic amines is 1. The topological polar surface area (TPSA) is 93.8 Å². The molecule has 0 aromatic carbocycles. The van der Waals surface area contributed by atoms with Crippen molar-refractivity contribution in [2.75, 3.05) is 5.73 Å². The zero-order valence-corrected chi connectivity index (χ0v) is 10.1. The Morgan fingerprint density at radius 1 is 1.47 bits per heavy atom. The summed E-state index contributed by atoms with van der Waals surface area (Å²) in [6.07, 6.45) is 4.71. The first kappa shape index (κ1) is 11.6. The van der Waals surface area contributed by atoms with Gasteiger partial charge in [-0.25, -0.2) is 0 Å². The summed E-state index contributed by atoms with van der Waals surface area (Å²) in [5.41, 5.74) is 5.44. The van der Waals surface area contributed by atoms with Crippen LogP contribution in [0.3, 0.4) is 0 Å². The largest absolute Gasteiger partial charge is 0.369 e. The molecule has 0 atom stereocenters. The summed E-state index contributed by atoms with van der Waals surface area (Å²) in [5, 5.41) is 0. The average molecular weight is 252 g/mol. The van der Waals surface area contributed by atoms with Crippen molar-refractivity contribution < 1.29 is 0 Å². The predicted molar refractivity (Wildman–Crippen MR) is 68.3 cm³/mol. The quantitative estimate of drug-likeness (QED) is 0.786. The van der Waals surface area contributed by atoms with Gasteiger partial charge < -0.3 is 5.73 Å². The fourth-order valence-electron chi connectivity index (χ4n) is 1.48. The molecule has 2 aromatic rings. The van der Waals surface area contributed by atoms with E-state index in [1.54, 1.807) is 0 Å². The maximum absolute atomic E-state index is 11.7. The summed E-state index contributed by atoms with van der Waals surface area (Å²) in [7, 11) is 0.